The van der Waals surface area contributed by atoms with Gasteiger partial charge in [0.2, 0.25) is 0 Å². The Morgan fingerprint density at radius 2 is 1.57 bits per heavy atom. The highest BCUT2D eigenvalue weighted by Crippen LogP contribution is 2.68. The predicted octanol–water partition coefficient (Wildman–Crippen LogP) is 6.46. The zero-order valence-electron chi connectivity index (χ0n) is 20.5. The van der Waals surface area contributed by atoms with E-state index in [1.165, 1.54) is 38.5 Å². The minimum Gasteiger partial charge on any atom is -0.393 e. The second-order valence-electron chi connectivity index (χ2n) is 12.7. The van der Waals surface area contributed by atoms with E-state index in [0.29, 0.717) is 41.4 Å². The zero-order valence-corrected chi connectivity index (χ0v) is 20.5. The average Bonchev–Trinajstić information content (AvgIpc) is 3.04. The van der Waals surface area contributed by atoms with Gasteiger partial charge < -0.3 is 10.2 Å². The molecule has 0 aromatic heterocycles. The van der Waals surface area contributed by atoms with Crippen molar-refractivity contribution in [3.63, 3.8) is 0 Å². The van der Waals surface area contributed by atoms with Crippen molar-refractivity contribution in [3.05, 3.63) is 12.2 Å². The first-order chi connectivity index (χ1) is 14.1. The quantitative estimate of drug-likeness (QED) is 0.516. The van der Waals surface area contributed by atoms with Crippen molar-refractivity contribution in [2.75, 3.05) is 0 Å². The van der Waals surface area contributed by atoms with Crippen molar-refractivity contribution < 1.29 is 10.2 Å². The van der Waals surface area contributed by atoms with Gasteiger partial charge in [-0.2, -0.15) is 0 Å². The van der Waals surface area contributed by atoms with Crippen molar-refractivity contribution in [2.24, 2.45) is 58.2 Å². The molecule has 0 spiro atoms. The molecule has 0 saturated heterocycles. The summed E-state index contributed by atoms with van der Waals surface area (Å²) in [5.41, 5.74) is 0.494. The van der Waals surface area contributed by atoms with Gasteiger partial charge in [-0.3, -0.25) is 0 Å². The molecule has 0 bridgehead atoms. The molecule has 30 heavy (non-hydrogen) atoms. The standard InChI is InChI=1S/C28H48O2/c1-17(2)18(3)7-8-19(4)23-11-12-24-22-10-9-20-15-21(29)16-26(30)28(20,6)25(22)13-14-27(23,24)5/h7-8,17-26,29-30H,9-16H2,1-6H3/b8-7+/t18?,19-,20?,21-,22+,23-,24+,25+,26?,27-,28+/m1/s1. The molecular weight excluding hydrogens is 368 g/mol. The van der Waals surface area contributed by atoms with Crippen LogP contribution in [-0.4, -0.2) is 22.4 Å². The van der Waals surface area contributed by atoms with E-state index in [4.69, 9.17) is 0 Å². The van der Waals surface area contributed by atoms with Crippen molar-refractivity contribution in [1.29, 1.82) is 0 Å². The Morgan fingerprint density at radius 1 is 0.833 bits per heavy atom. The van der Waals surface area contributed by atoms with Crippen LogP contribution in [0.2, 0.25) is 0 Å². The summed E-state index contributed by atoms with van der Waals surface area (Å²) in [6.07, 6.45) is 13.8. The normalized spacial score (nSPS) is 50.8. The Balaban J connectivity index is 1.53. The highest BCUT2D eigenvalue weighted by molar-refractivity contribution is 5.12. The molecule has 172 valence electrons. The lowest BCUT2D eigenvalue weighted by Crippen LogP contribution is -2.59. The van der Waals surface area contributed by atoms with E-state index in [1.807, 2.05) is 0 Å². The summed E-state index contributed by atoms with van der Waals surface area (Å²) >= 11 is 0. The van der Waals surface area contributed by atoms with Crippen molar-refractivity contribution in [2.45, 2.75) is 105 Å². The van der Waals surface area contributed by atoms with Crippen LogP contribution < -0.4 is 0 Å². The molecule has 4 rings (SSSR count). The Labute approximate surface area is 185 Å². The molecule has 2 N–H and O–H groups in total. The minimum atomic E-state index is -0.319. The van der Waals surface area contributed by atoms with E-state index in [-0.39, 0.29) is 17.6 Å². The number of fused-ring (bicyclic) bond motifs is 5. The van der Waals surface area contributed by atoms with Crippen LogP contribution in [0.3, 0.4) is 0 Å². The van der Waals surface area contributed by atoms with Gasteiger partial charge in [-0.05, 0) is 110 Å². The molecule has 0 aromatic rings. The summed E-state index contributed by atoms with van der Waals surface area (Å²) in [7, 11) is 0. The molecule has 4 saturated carbocycles. The van der Waals surface area contributed by atoms with Crippen LogP contribution >= 0.6 is 0 Å². The third-order valence-corrected chi connectivity index (χ3v) is 11.2. The van der Waals surface area contributed by atoms with Crippen LogP contribution in [0.1, 0.15) is 92.9 Å². The molecule has 11 atom stereocenters. The molecule has 4 aliphatic rings. The lowest BCUT2D eigenvalue weighted by molar-refractivity contribution is -0.181. The second kappa shape index (κ2) is 8.22. The van der Waals surface area contributed by atoms with Crippen molar-refractivity contribution in [1.82, 2.24) is 0 Å². The molecule has 3 unspecified atom stereocenters. The van der Waals surface area contributed by atoms with Crippen molar-refractivity contribution >= 4 is 0 Å². The maximum atomic E-state index is 11.1. The number of aliphatic hydroxyl groups is 2. The largest absolute Gasteiger partial charge is 0.393 e. The Morgan fingerprint density at radius 3 is 2.27 bits per heavy atom. The molecule has 2 nitrogen and oxygen atoms in total. The van der Waals surface area contributed by atoms with Gasteiger partial charge in [-0.25, -0.2) is 0 Å². The van der Waals surface area contributed by atoms with E-state index >= 15 is 0 Å². The lowest BCUT2D eigenvalue weighted by Gasteiger charge is -2.62. The molecule has 0 heterocycles. The van der Waals surface area contributed by atoms with Gasteiger partial charge in [-0.15, -0.1) is 0 Å². The third kappa shape index (κ3) is 3.53. The van der Waals surface area contributed by atoms with Crippen LogP contribution in [0.5, 0.6) is 0 Å². The topological polar surface area (TPSA) is 40.5 Å². The fourth-order valence-electron chi connectivity index (χ4n) is 8.91. The van der Waals surface area contributed by atoms with Crippen LogP contribution in [0.25, 0.3) is 0 Å². The van der Waals surface area contributed by atoms with Crippen molar-refractivity contribution in [3.8, 4) is 0 Å². The Bertz CT molecular complexity index is 641. The highest BCUT2D eigenvalue weighted by Gasteiger charge is 2.62. The van der Waals surface area contributed by atoms with Gasteiger partial charge in [0.15, 0.2) is 0 Å². The van der Waals surface area contributed by atoms with Crippen LogP contribution in [-0.2, 0) is 0 Å². The van der Waals surface area contributed by atoms with E-state index < -0.39 is 0 Å². The summed E-state index contributed by atoms with van der Waals surface area (Å²) in [4.78, 5) is 0. The monoisotopic (exact) mass is 416 g/mol. The van der Waals surface area contributed by atoms with E-state index in [0.717, 1.165) is 24.2 Å². The Kier molecular flexibility index (Phi) is 6.26. The number of hydrogen-bond donors (Lipinski definition) is 2. The summed E-state index contributed by atoms with van der Waals surface area (Å²) < 4.78 is 0. The van der Waals surface area contributed by atoms with Crippen LogP contribution in [0.4, 0.5) is 0 Å². The minimum absolute atomic E-state index is 0.0276. The summed E-state index contributed by atoms with van der Waals surface area (Å²) in [6, 6.07) is 0. The molecule has 0 radical (unpaired) electrons. The number of hydrogen-bond acceptors (Lipinski definition) is 2. The molecule has 4 fully saturated rings. The van der Waals surface area contributed by atoms with E-state index in [1.54, 1.807) is 0 Å². The SMILES string of the molecule is CC(C)C(C)/C=C/[C@@H](C)[C@H]1CC[C@H]2[C@@H]3CCC4C[C@@H](O)CC(O)[C@]4(C)[C@H]3CC[C@]12C. The first kappa shape index (κ1) is 22.8. The first-order valence-corrected chi connectivity index (χ1v) is 13.1. The summed E-state index contributed by atoms with van der Waals surface area (Å²) in [5, 5.41) is 21.4. The van der Waals surface area contributed by atoms with E-state index in [2.05, 4.69) is 53.7 Å². The second-order valence-corrected chi connectivity index (χ2v) is 12.7. The van der Waals surface area contributed by atoms with Gasteiger partial charge >= 0.3 is 0 Å². The van der Waals surface area contributed by atoms with E-state index in [9.17, 15) is 10.2 Å². The Hall–Kier alpha value is -0.340. The average molecular weight is 417 g/mol. The summed E-state index contributed by atoms with van der Waals surface area (Å²) in [6.45, 7) is 14.5. The molecule has 4 aliphatic carbocycles. The molecule has 0 aliphatic heterocycles. The molecular formula is C28H48O2. The van der Waals surface area contributed by atoms with Crippen LogP contribution in [0.15, 0.2) is 12.2 Å². The maximum Gasteiger partial charge on any atom is 0.0623 e. The third-order valence-electron chi connectivity index (χ3n) is 11.2. The van der Waals surface area contributed by atoms with Gasteiger partial charge in [0, 0.05) is 0 Å². The van der Waals surface area contributed by atoms with Gasteiger partial charge in [0.1, 0.15) is 0 Å². The van der Waals surface area contributed by atoms with Crippen LogP contribution in [0, 0.1) is 58.2 Å². The predicted molar refractivity (Wildman–Crippen MR) is 125 cm³/mol. The fourth-order valence-corrected chi connectivity index (χ4v) is 8.91. The first-order valence-electron chi connectivity index (χ1n) is 13.1. The molecule has 2 heteroatoms. The van der Waals surface area contributed by atoms with Gasteiger partial charge in [0.05, 0.1) is 12.2 Å². The number of allylic oxidation sites excluding steroid dienone is 2. The summed E-state index contributed by atoms with van der Waals surface area (Å²) in [5.74, 6) is 5.63. The van der Waals surface area contributed by atoms with Gasteiger partial charge in [-0.1, -0.05) is 53.7 Å². The number of aliphatic hydroxyl groups excluding tert-OH is 2. The van der Waals surface area contributed by atoms with Gasteiger partial charge in [0.25, 0.3) is 0 Å². The lowest BCUT2D eigenvalue weighted by atomic mass is 9.43. The fraction of sp³-hybridized carbons (Fsp3) is 0.929. The smallest absolute Gasteiger partial charge is 0.0623 e. The molecule has 0 aromatic carbocycles. The highest BCUT2D eigenvalue weighted by atomic mass is 16.3. The molecule has 0 amide bonds. The maximum absolute atomic E-state index is 11.1. The number of rotatable bonds is 4. The zero-order chi connectivity index (χ0) is 21.8.